The molecule has 0 atom stereocenters. The number of ether oxygens (including phenoxy) is 2. The molecule has 0 radical (unpaired) electrons. The van der Waals surface area contributed by atoms with Gasteiger partial charge in [-0.3, -0.25) is 4.79 Å². The van der Waals surface area contributed by atoms with Crippen molar-refractivity contribution in [2.75, 3.05) is 19.0 Å². The first-order valence-electron chi connectivity index (χ1n) is 6.77. The highest BCUT2D eigenvalue weighted by molar-refractivity contribution is 5.96. The van der Waals surface area contributed by atoms with Crippen LogP contribution in [-0.4, -0.2) is 25.6 Å². The van der Waals surface area contributed by atoms with Crippen molar-refractivity contribution >= 4 is 17.6 Å². The van der Waals surface area contributed by atoms with E-state index in [-0.39, 0.29) is 12.2 Å². The molecule has 0 aliphatic heterocycles. The molecule has 2 aromatic carbocycles. The van der Waals surface area contributed by atoms with Crippen LogP contribution in [0.2, 0.25) is 0 Å². The molecule has 0 fully saturated rings. The highest BCUT2D eigenvalue weighted by Gasteiger charge is 2.14. The summed E-state index contributed by atoms with van der Waals surface area (Å²) in [6.45, 7) is 1.60. The van der Waals surface area contributed by atoms with Crippen LogP contribution in [0.15, 0.2) is 48.5 Å². The van der Waals surface area contributed by atoms with Crippen molar-refractivity contribution in [2.24, 2.45) is 0 Å². The zero-order valence-electron chi connectivity index (χ0n) is 12.5. The van der Waals surface area contributed by atoms with Crippen LogP contribution in [-0.2, 0) is 9.53 Å². The number of amides is 1. The lowest BCUT2D eigenvalue weighted by atomic mass is 10.2. The van der Waals surface area contributed by atoms with E-state index in [4.69, 9.17) is 9.47 Å². The summed E-state index contributed by atoms with van der Waals surface area (Å²) in [5.41, 5.74) is 2.04. The Bertz CT molecular complexity index is 665. The molecular weight excluding hydrogens is 282 g/mol. The lowest BCUT2D eigenvalue weighted by molar-refractivity contribution is -0.119. The molecule has 0 heterocycles. The van der Waals surface area contributed by atoms with Gasteiger partial charge >= 0.3 is 5.97 Å². The van der Waals surface area contributed by atoms with E-state index in [9.17, 15) is 9.59 Å². The molecule has 0 aliphatic rings. The van der Waals surface area contributed by atoms with Crippen molar-refractivity contribution in [3.05, 3.63) is 59.7 Å². The highest BCUT2D eigenvalue weighted by Crippen LogP contribution is 2.18. The predicted molar refractivity (Wildman–Crippen MR) is 83.1 cm³/mol. The van der Waals surface area contributed by atoms with Gasteiger partial charge in [-0.05, 0) is 31.2 Å². The number of esters is 1. The number of hydrogen-bond donors (Lipinski definition) is 1. The zero-order chi connectivity index (χ0) is 15.9. The summed E-state index contributed by atoms with van der Waals surface area (Å²) in [5, 5.41) is 2.66. The van der Waals surface area contributed by atoms with E-state index in [1.54, 1.807) is 36.4 Å². The average molecular weight is 299 g/mol. The lowest BCUT2D eigenvalue weighted by Gasteiger charge is -2.09. The molecule has 22 heavy (non-hydrogen) atoms. The Morgan fingerprint density at radius 1 is 1.05 bits per heavy atom. The third-order valence-corrected chi connectivity index (χ3v) is 3.00. The third-order valence-electron chi connectivity index (χ3n) is 3.00. The fraction of sp³-hybridized carbons (Fsp3) is 0.176. The molecule has 0 saturated carbocycles. The number of aryl methyl sites for hydroxylation is 1. The lowest BCUT2D eigenvalue weighted by Crippen LogP contribution is -2.21. The minimum atomic E-state index is -0.600. The van der Waals surface area contributed by atoms with E-state index in [1.165, 1.54) is 7.11 Å². The fourth-order valence-corrected chi connectivity index (χ4v) is 1.86. The summed E-state index contributed by atoms with van der Waals surface area (Å²) in [6, 6.07) is 14.0. The molecular formula is C17H17NO4. The van der Waals surface area contributed by atoms with Gasteiger partial charge in [0.1, 0.15) is 11.3 Å². The second-order valence-corrected chi connectivity index (χ2v) is 4.69. The molecule has 0 saturated heterocycles. The number of benzene rings is 2. The van der Waals surface area contributed by atoms with Gasteiger partial charge in [-0.2, -0.15) is 0 Å². The molecule has 0 aromatic heterocycles. The molecule has 114 valence electrons. The quantitative estimate of drug-likeness (QED) is 0.862. The van der Waals surface area contributed by atoms with Crippen LogP contribution >= 0.6 is 0 Å². The van der Waals surface area contributed by atoms with Crippen LogP contribution in [0.1, 0.15) is 15.9 Å². The minimum absolute atomic E-state index is 0.285. The second-order valence-electron chi connectivity index (χ2n) is 4.69. The van der Waals surface area contributed by atoms with Crippen LogP contribution in [0.3, 0.4) is 0 Å². The van der Waals surface area contributed by atoms with Crippen LogP contribution in [0, 0.1) is 6.92 Å². The molecule has 2 rings (SSSR count). The molecule has 0 unspecified atom stereocenters. The van der Waals surface area contributed by atoms with Crippen LogP contribution in [0.5, 0.6) is 5.75 Å². The van der Waals surface area contributed by atoms with Gasteiger partial charge in [-0.25, -0.2) is 4.79 Å². The number of anilines is 1. The highest BCUT2D eigenvalue weighted by atomic mass is 16.5. The standard InChI is InChI=1S/C17H17NO4/c1-12-7-9-13(10-8-12)18-16(19)11-22-17(20)14-5-3-4-6-15(14)21-2/h3-10H,11H2,1-2H3,(H,18,19). The van der Waals surface area contributed by atoms with Crippen molar-refractivity contribution in [3.8, 4) is 5.75 Å². The van der Waals surface area contributed by atoms with Crippen molar-refractivity contribution in [1.29, 1.82) is 0 Å². The smallest absolute Gasteiger partial charge is 0.342 e. The van der Waals surface area contributed by atoms with Crippen LogP contribution in [0.25, 0.3) is 0 Å². The summed E-state index contributed by atoms with van der Waals surface area (Å²) in [5.74, 6) is -0.588. The van der Waals surface area contributed by atoms with Crippen molar-refractivity contribution in [3.63, 3.8) is 0 Å². The monoisotopic (exact) mass is 299 g/mol. The van der Waals surface area contributed by atoms with Gasteiger partial charge in [0.25, 0.3) is 5.91 Å². The maximum atomic E-state index is 11.9. The zero-order valence-corrected chi connectivity index (χ0v) is 12.5. The van der Waals surface area contributed by atoms with Gasteiger partial charge in [0.2, 0.25) is 0 Å². The molecule has 0 aliphatic carbocycles. The number of rotatable bonds is 5. The molecule has 1 amide bonds. The Kier molecular flexibility index (Phi) is 5.14. The average Bonchev–Trinajstić information content (AvgIpc) is 2.54. The summed E-state index contributed by atoms with van der Waals surface area (Å²) in [6.07, 6.45) is 0. The van der Waals surface area contributed by atoms with Gasteiger partial charge in [0.05, 0.1) is 7.11 Å². The van der Waals surface area contributed by atoms with Gasteiger partial charge in [-0.15, -0.1) is 0 Å². The summed E-state index contributed by atoms with van der Waals surface area (Å²) >= 11 is 0. The van der Waals surface area contributed by atoms with Gasteiger partial charge < -0.3 is 14.8 Å². The first kappa shape index (κ1) is 15.6. The van der Waals surface area contributed by atoms with Gasteiger partial charge in [-0.1, -0.05) is 29.8 Å². The van der Waals surface area contributed by atoms with Gasteiger partial charge in [0, 0.05) is 5.69 Å². The van der Waals surface area contributed by atoms with Gasteiger partial charge in [0.15, 0.2) is 6.61 Å². The fourth-order valence-electron chi connectivity index (χ4n) is 1.86. The molecule has 0 bridgehead atoms. The first-order chi connectivity index (χ1) is 10.6. The number of para-hydroxylation sites is 1. The SMILES string of the molecule is COc1ccccc1C(=O)OCC(=O)Nc1ccc(C)cc1. The van der Waals surface area contributed by atoms with E-state index >= 15 is 0 Å². The largest absolute Gasteiger partial charge is 0.496 e. The van der Waals surface area contributed by atoms with Crippen LogP contribution < -0.4 is 10.1 Å². The number of carbonyl (C=O) groups is 2. The summed E-state index contributed by atoms with van der Waals surface area (Å²) in [7, 11) is 1.47. The summed E-state index contributed by atoms with van der Waals surface area (Å²) < 4.78 is 10.1. The van der Waals surface area contributed by atoms with E-state index in [2.05, 4.69) is 5.32 Å². The first-order valence-corrected chi connectivity index (χ1v) is 6.77. The number of carbonyl (C=O) groups excluding carboxylic acids is 2. The molecule has 0 spiro atoms. The van der Waals surface area contributed by atoms with Crippen molar-refractivity contribution in [2.45, 2.75) is 6.92 Å². The molecule has 2 aromatic rings. The number of methoxy groups -OCH3 is 1. The summed E-state index contributed by atoms with van der Waals surface area (Å²) in [4.78, 5) is 23.7. The predicted octanol–water partition coefficient (Wildman–Crippen LogP) is 2.80. The van der Waals surface area contributed by atoms with E-state index in [0.29, 0.717) is 11.4 Å². The third kappa shape index (κ3) is 4.09. The van der Waals surface area contributed by atoms with Crippen molar-refractivity contribution < 1.29 is 19.1 Å². The Balaban J connectivity index is 1.90. The Hall–Kier alpha value is -2.82. The Morgan fingerprint density at radius 3 is 2.41 bits per heavy atom. The maximum absolute atomic E-state index is 11.9. The normalized spacial score (nSPS) is 9.91. The van der Waals surface area contributed by atoms with E-state index in [0.717, 1.165) is 5.56 Å². The Labute approximate surface area is 128 Å². The maximum Gasteiger partial charge on any atom is 0.342 e. The molecule has 1 N–H and O–H groups in total. The molecule has 5 heteroatoms. The number of nitrogens with one attached hydrogen (secondary N) is 1. The Morgan fingerprint density at radius 2 is 1.73 bits per heavy atom. The van der Waals surface area contributed by atoms with E-state index < -0.39 is 11.9 Å². The van der Waals surface area contributed by atoms with E-state index in [1.807, 2.05) is 19.1 Å². The second kappa shape index (κ2) is 7.26. The van der Waals surface area contributed by atoms with Crippen molar-refractivity contribution in [1.82, 2.24) is 0 Å². The topological polar surface area (TPSA) is 64.6 Å². The molecule has 5 nitrogen and oxygen atoms in total. The minimum Gasteiger partial charge on any atom is -0.496 e. The number of hydrogen-bond acceptors (Lipinski definition) is 4. The van der Waals surface area contributed by atoms with Crippen LogP contribution in [0.4, 0.5) is 5.69 Å².